The molecule has 0 bridgehead atoms. The number of halogens is 1. The average molecular weight is 599 g/mol. The first kappa shape index (κ1) is 26.7. The van der Waals surface area contributed by atoms with Gasteiger partial charge < -0.3 is 9.80 Å². The third-order valence-corrected chi connectivity index (χ3v) is 8.34. The fourth-order valence-corrected chi connectivity index (χ4v) is 6.35. The number of aromatic nitrogens is 2. The summed E-state index contributed by atoms with van der Waals surface area (Å²) >= 11 is 5.13. The molecule has 1 aliphatic rings. The standard InChI is InChI=1S/C23H20BrN5O3S2.K.H/c24-16-8-9-19-20(15-16)33-23(26-19)29-13-11-28(12-14-29)22(30)17-5-1-2-6-18(17)27-34(31,32)21-7-3-4-10-25-21;;/h1-10,15,27H,11-14H2;;. The van der Waals surface area contributed by atoms with Gasteiger partial charge in [0.15, 0.2) is 10.2 Å². The van der Waals surface area contributed by atoms with Crippen LogP contribution in [0.5, 0.6) is 0 Å². The summed E-state index contributed by atoms with van der Waals surface area (Å²) in [5.74, 6) is -0.216. The number of nitrogens with zero attached hydrogens (tertiary/aromatic N) is 4. The van der Waals surface area contributed by atoms with Crippen molar-refractivity contribution in [2.24, 2.45) is 0 Å². The Balaban J connectivity index is 0.00000289. The Morgan fingerprint density at radius 1 is 1.00 bits per heavy atom. The van der Waals surface area contributed by atoms with E-state index in [1.54, 1.807) is 52.6 Å². The first-order valence-electron chi connectivity index (χ1n) is 10.5. The van der Waals surface area contributed by atoms with Crippen molar-refractivity contribution in [3.05, 3.63) is 76.9 Å². The number of benzene rings is 2. The van der Waals surface area contributed by atoms with E-state index in [1.807, 2.05) is 12.1 Å². The molecule has 12 heteroatoms. The van der Waals surface area contributed by atoms with E-state index in [0.717, 1.165) is 19.8 Å². The summed E-state index contributed by atoms with van der Waals surface area (Å²) in [5.41, 5.74) is 1.49. The van der Waals surface area contributed by atoms with Crippen LogP contribution in [0, 0.1) is 0 Å². The second-order valence-electron chi connectivity index (χ2n) is 7.71. The van der Waals surface area contributed by atoms with Crippen molar-refractivity contribution >= 4 is 116 Å². The monoisotopic (exact) mass is 597 g/mol. The van der Waals surface area contributed by atoms with Gasteiger partial charge in [0, 0.05) is 36.8 Å². The quantitative estimate of drug-likeness (QED) is 0.353. The van der Waals surface area contributed by atoms with Crippen LogP contribution in [0.2, 0.25) is 0 Å². The van der Waals surface area contributed by atoms with E-state index in [-0.39, 0.29) is 68.0 Å². The van der Waals surface area contributed by atoms with E-state index in [2.05, 4.69) is 36.6 Å². The Kier molecular flexibility index (Phi) is 8.64. The molecule has 1 aliphatic heterocycles. The Bertz CT molecular complexity index is 1460. The topological polar surface area (TPSA) is 95.5 Å². The predicted octanol–water partition coefficient (Wildman–Crippen LogP) is 3.57. The summed E-state index contributed by atoms with van der Waals surface area (Å²) in [5, 5.41) is 0.831. The average Bonchev–Trinajstić information content (AvgIpc) is 3.28. The maximum atomic E-state index is 13.3. The number of para-hydroxylation sites is 1. The molecule has 35 heavy (non-hydrogen) atoms. The zero-order chi connectivity index (χ0) is 23.7. The zero-order valence-corrected chi connectivity index (χ0v) is 21.1. The molecule has 2 aromatic carbocycles. The van der Waals surface area contributed by atoms with Crippen molar-refractivity contribution in [2.75, 3.05) is 35.8 Å². The molecule has 1 amide bonds. The first-order chi connectivity index (χ1) is 16.4. The molecule has 3 heterocycles. The maximum absolute atomic E-state index is 13.3. The Morgan fingerprint density at radius 2 is 1.74 bits per heavy atom. The van der Waals surface area contributed by atoms with Gasteiger partial charge in [0.1, 0.15) is 0 Å². The second-order valence-corrected chi connectivity index (χ2v) is 11.3. The summed E-state index contributed by atoms with van der Waals surface area (Å²) in [6.07, 6.45) is 1.41. The van der Waals surface area contributed by atoms with Crippen LogP contribution in [-0.4, -0.2) is 107 Å². The van der Waals surface area contributed by atoms with Crippen LogP contribution < -0.4 is 9.62 Å². The number of carbonyl (C=O) groups excluding carboxylic acids is 1. The van der Waals surface area contributed by atoms with Crippen molar-refractivity contribution in [3.8, 4) is 0 Å². The van der Waals surface area contributed by atoms with Crippen molar-refractivity contribution in [3.63, 3.8) is 0 Å². The van der Waals surface area contributed by atoms with Gasteiger partial charge in [-0.2, -0.15) is 8.42 Å². The van der Waals surface area contributed by atoms with Crippen LogP contribution in [0.3, 0.4) is 0 Å². The Labute approximate surface area is 258 Å². The van der Waals surface area contributed by atoms with E-state index >= 15 is 0 Å². The molecular weight excluding hydrogens is 577 g/mol. The van der Waals surface area contributed by atoms with Crippen LogP contribution in [0.1, 0.15) is 10.4 Å². The minimum absolute atomic E-state index is 0. The Morgan fingerprint density at radius 3 is 2.49 bits per heavy atom. The van der Waals surface area contributed by atoms with E-state index in [9.17, 15) is 13.2 Å². The third kappa shape index (κ3) is 5.96. The number of thiazole rings is 1. The number of carbonyl (C=O) groups is 1. The van der Waals surface area contributed by atoms with Gasteiger partial charge in [0.05, 0.1) is 21.5 Å². The summed E-state index contributed by atoms with van der Waals surface area (Å²) in [6, 6.07) is 17.3. The van der Waals surface area contributed by atoms with Gasteiger partial charge in [-0.1, -0.05) is 45.5 Å². The van der Waals surface area contributed by atoms with Crippen LogP contribution in [0.25, 0.3) is 10.2 Å². The molecule has 8 nitrogen and oxygen atoms in total. The SMILES string of the molecule is O=C(c1ccccc1NS(=O)(=O)c1ccccn1)N1CCN(c2nc3ccc(Br)cc3s2)CC1.[KH]. The molecule has 0 spiro atoms. The molecule has 5 rings (SSSR count). The molecule has 1 fully saturated rings. The number of hydrogen-bond donors (Lipinski definition) is 1. The van der Waals surface area contributed by atoms with Gasteiger partial charge in [0.2, 0.25) is 0 Å². The fourth-order valence-electron chi connectivity index (χ4n) is 3.75. The van der Waals surface area contributed by atoms with Gasteiger partial charge in [-0.25, -0.2) is 9.97 Å². The number of nitrogens with one attached hydrogen (secondary N) is 1. The van der Waals surface area contributed by atoms with Gasteiger partial charge in [-0.05, 0) is 42.5 Å². The molecule has 1 N–H and O–H groups in total. The van der Waals surface area contributed by atoms with E-state index in [1.165, 1.54) is 12.3 Å². The molecular formula is C23H21BrKN5O3S2. The second kappa shape index (κ2) is 11.3. The number of fused-ring (bicyclic) bond motifs is 1. The van der Waals surface area contributed by atoms with Gasteiger partial charge in [-0.15, -0.1) is 0 Å². The molecule has 176 valence electrons. The van der Waals surface area contributed by atoms with Crippen molar-refractivity contribution in [2.45, 2.75) is 5.03 Å². The number of pyridine rings is 1. The molecule has 1 saturated heterocycles. The first-order valence-corrected chi connectivity index (χ1v) is 13.6. The van der Waals surface area contributed by atoms with E-state index in [0.29, 0.717) is 31.7 Å². The van der Waals surface area contributed by atoms with Crippen LogP contribution in [0.15, 0.2) is 76.4 Å². The Hall–Kier alpha value is -1.38. The number of hydrogen-bond acceptors (Lipinski definition) is 7. The number of rotatable bonds is 5. The number of sulfonamides is 1. The summed E-state index contributed by atoms with van der Waals surface area (Å²) in [7, 11) is -3.91. The summed E-state index contributed by atoms with van der Waals surface area (Å²) < 4.78 is 30.1. The van der Waals surface area contributed by atoms with Gasteiger partial charge in [0.25, 0.3) is 15.9 Å². The molecule has 0 saturated carbocycles. The fraction of sp³-hybridized carbons (Fsp3) is 0.174. The van der Waals surface area contributed by atoms with Crippen LogP contribution in [-0.2, 0) is 10.0 Å². The number of piperazine rings is 1. The van der Waals surface area contributed by atoms with E-state index < -0.39 is 10.0 Å². The predicted molar refractivity (Wildman–Crippen MR) is 144 cm³/mol. The minimum atomic E-state index is -3.91. The zero-order valence-electron chi connectivity index (χ0n) is 17.9. The molecule has 0 radical (unpaired) electrons. The molecule has 0 unspecified atom stereocenters. The number of anilines is 2. The van der Waals surface area contributed by atoms with Crippen molar-refractivity contribution < 1.29 is 13.2 Å². The molecule has 0 atom stereocenters. The third-order valence-electron chi connectivity index (χ3n) is 5.49. The number of amides is 1. The molecule has 0 aliphatic carbocycles. The van der Waals surface area contributed by atoms with E-state index in [4.69, 9.17) is 4.98 Å². The van der Waals surface area contributed by atoms with Gasteiger partial charge in [-0.3, -0.25) is 9.52 Å². The summed E-state index contributed by atoms with van der Waals surface area (Å²) in [4.78, 5) is 25.9. The molecule has 2 aromatic heterocycles. The summed E-state index contributed by atoms with van der Waals surface area (Å²) in [6.45, 7) is 2.32. The van der Waals surface area contributed by atoms with Crippen molar-refractivity contribution in [1.82, 2.24) is 14.9 Å². The normalized spacial score (nSPS) is 14.0. The van der Waals surface area contributed by atoms with Crippen LogP contribution >= 0.6 is 27.3 Å². The van der Waals surface area contributed by atoms with Crippen LogP contribution in [0.4, 0.5) is 10.8 Å². The van der Waals surface area contributed by atoms with Gasteiger partial charge >= 0.3 is 51.4 Å². The molecule has 4 aromatic rings. The van der Waals surface area contributed by atoms with Crippen molar-refractivity contribution in [1.29, 1.82) is 0 Å².